The molecule has 16 heteroatoms. The van der Waals surface area contributed by atoms with E-state index < -0.39 is 25.2 Å². The van der Waals surface area contributed by atoms with E-state index in [1.807, 2.05) is 12.3 Å². The summed E-state index contributed by atoms with van der Waals surface area (Å²) in [4.78, 5) is 23.1. The lowest BCUT2D eigenvalue weighted by molar-refractivity contribution is -0.137. The van der Waals surface area contributed by atoms with E-state index in [2.05, 4.69) is 20.6 Å². The third kappa shape index (κ3) is 8.74. The van der Waals surface area contributed by atoms with Crippen LogP contribution in [0.3, 0.4) is 0 Å². The zero-order valence-electron chi connectivity index (χ0n) is 28.8. The van der Waals surface area contributed by atoms with Crippen LogP contribution >= 0.6 is 19.4 Å². The molecule has 272 valence electrons. The van der Waals surface area contributed by atoms with Gasteiger partial charge in [0.05, 0.1) is 55.5 Å². The van der Waals surface area contributed by atoms with Gasteiger partial charge in [-0.2, -0.15) is 18.2 Å². The normalized spacial score (nSPS) is 17.9. The van der Waals surface area contributed by atoms with Gasteiger partial charge in [0.15, 0.2) is 0 Å². The highest BCUT2D eigenvalue weighted by atomic mass is 32.2. The van der Waals surface area contributed by atoms with E-state index in [0.717, 1.165) is 36.8 Å². The number of nitrogens with one attached hydrogen (secondary N) is 2. The number of benzene rings is 2. The van der Waals surface area contributed by atoms with Gasteiger partial charge >= 0.3 is 13.8 Å². The van der Waals surface area contributed by atoms with E-state index in [1.165, 1.54) is 7.11 Å². The van der Waals surface area contributed by atoms with Crippen molar-refractivity contribution in [3.63, 3.8) is 0 Å². The lowest BCUT2D eigenvalue weighted by atomic mass is 9.80. The van der Waals surface area contributed by atoms with Crippen LogP contribution < -0.4 is 15.4 Å². The van der Waals surface area contributed by atoms with Crippen molar-refractivity contribution in [3.8, 4) is 5.75 Å². The van der Waals surface area contributed by atoms with E-state index in [0.29, 0.717) is 41.2 Å². The quantitative estimate of drug-likeness (QED) is 0.115. The summed E-state index contributed by atoms with van der Waals surface area (Å²) in [5, 5.41) is 5.77. The summed E-state index contributed by atoms with van der Waals surface area (Å²) in [6.07, 6.45) is 1.73. The van der Waals surface area contributed by atoms with Gasteiger partial charge in [-0.15, -0.1) is 11.8 Å². The summed E-state index contributed by atoms with van der Waals surface area (Å²) < 4.78 is 78.1. The minimum absolute atomic E-state index is 0.00106. The third-order valence-electron chi connectivity index (χ3n) is 8.73. The van der Waals surface area contributed by atoms with E-state index >= 15 is 0 Å². The molecule has 2 aromatic carbocycles. The van der Waals surface area contributed by atoms with E-state index in [4.69, 9.17) is 18.5 Å². The van der Waals surface area contributed by atoms with E-state index in [9.17, 15) is 22.5 Å². The van der Waals surface area contributed by atoms with Crippen LogP contribution in [0.25, 0.3) is 0 Å². The van der Waals surface area contributed by atoms with Crippen LogP contribution in [0.5, 0.6) is 5.75 Å². The van der Waals surface area contributed by atoms with E-state index in [1.54, 1.807) is 61.8 Å². The van der Waals surface area contributed by atoms with Gasteiger partial charge in [0.25, 0.3) is 5.91 Å². The number of aromatic nitrogens is 2. The molecule has 2 aliphatic rings. The molecule has 0 bridgehead atoms. The maximum Gasteiger partial charge on any atom is 0.421 e. The second-order valence-electron chi connectivity index (χ2n) is 12.1. The molecule has 0 saturated heterocycles. The van der Waals surface area contributed by atoms with Crippen molar-refractivity contribution in [2.24, 2.45) is 0 Å². The molecule has 0 unspecified atom stereocenters. The lowest BCUT2D eigenvalue weighted by Gasteiger charge is -2.30. The molecule has 0 spiro atoms. The van der Waals surface area contributed by atoms with Crippen molar-refractivity contribution in [1.82, 2.24) is 14.9 Å². The first-order chi connectivity index (χ1) is 23.9. The summed E-state index contributed by atoms with van der Waals surface area (Å²) in [6, 6.07) is 8.51. The topological polar surface area (TPSA) is 124 Å². The third-order valence-corrected chi connectivity index (χ3v) is 11.2. The minimum atomic E-state index is -4.78. The molecule has 3 aromatic rings. The molecule has 1 amide bonds. The molecule has 50 heavy (non-hydrogen) atoms. The Morgan fingerprint density at radius 3 is 2.38 bits per heavy atom. The summed E-state index contributed by atoms with van der Waals surface area (Å²) >= 11 is 1.64. The van der Waals surface area contributed by atoms with Crippen LogP contribution in [-0.4, -0.2) is 66.4 Å². The molecule has 2 heterocycles. The fourth-order valence-electron chi connectivity index (χ4n) is 6.45. The number of carbonyl (C=O) groups excluding carboxylic acids is 1. The van der Waals surface area contributed by atoms with Crippen LogP contribution in [0.1, 0.15) is 78.1 Å². The first-order valence-electron chi connectivity index (χ1n) is 16.4. The second kappa shape index (κ2) is 16.3. The van der Waals surface area contributed by atoms with Gasteiger partial charge in [0.2, 0.25) is 5.95 Å². The van der Waals surface area contributed by atoms with Crippen molar-refractivity contribution in [1.29, 1.82) is 0 Å². The van der Waals surface area contributed by atoms with Gasteiger partial charge in [-0.25, -0.2) is 4.98 Å². The molecule has 1 aliphatic carbocycles. The van der Waals surface area contributed by atoms with Gasteiger partial charge in [-0.3, -0.25) is 9.36 Å². The molecular formula is C34H43F3N5O6PS. The van der Waals surface area contributed by atoms with Crippen LogP contribution in [0.2, 0.25) is 0 Å². The number of thioether (sulfide) groups is 1. The zero-order chi connectivity index (χ0) is 36.1. The predicted octanol–water partition coefficient (Wildman–Crippen LogP) is 8.71. The minimum Gasteiger partial charge on any atom is -0.495 e. The highest BCUT2D eigenvalue weighted by Crippen LogP contribution is 2.52. The summed E-state index contributed by atoms with van der Waals surface area (Å²) in [7, 11) is -0.283. The highest BCUT2D eigenvalue weighted by Gasteiger charge is 2.38. The molecule has 1 fully saturated rings. The number of hydrogen-bond acceptors (Lipinski definition) is 11. The Bertz CT molecular complexity index is 1710. The van der Waals surface area contributed by atoms with Gasteiger partial charge in [-0.05, 0) is 86.6 Å². The monoisotopic (exact) mass is 737 g/mol. The largest absolute Gasteiger partial charge is 0.495 e. The number of rotatable bonds is 15. The van der Waals surface area contributed by atoms with Crippen molar-refractivity contribution in [3.05, 3.63) is 64.3 Å². The standard InChI is InChI=1S/C34H43F3N5O6PS/c1-6-47-49(44,48-7-2)19-21-8-14-27(29(16-21)45-4)40-33-38-17-26(34(35,36)37)31(41-33)39-28-15-13-24(25-18-42(3)32(43)30(25)28)22-9-11-23(12-10-22)46-20-50-5/h8,13-17,22-23H,6-7,9-12,18-20H2,1-5H3,(H2,38,39,40,41)/t22-,23-. The molecule has 1 aromatic heterocycles. The second-order valence-corrected chi connectivity index (χ2v) is 15.0. The van der Waals surface area contributed by atoms with Crippen molar-refractivity contribution in [2.75, 3.05) is 50.2 Å². The first kappa shape index (κ1) is 37.9. The Morgan fingerprint density at radius 2 is 1.74 bits per heavy atom. The lowest BCUT2D eigenvalue weighted by Crippen LogP contribution is -2.21. The number of hydrogen-bond donors (Lipinski definition) is 2. The summed E-state index contributed by atoms with van der Waals surface area (Å²) in [6.45, 7) is 4.24. The fourth-order valence-corrected chi connectivity index (χ4v) is 8.46. The number of anilines is 4. The Hall–Kier alpha value is -3.36. The number of halogens is 3. The summed E-state index contributed by atoms with van der Waals surface area (Å²) in [5.74, 6) is 0.260. The number of fused-ring (bicyclic) bond motifs is 1. The number of alkyl halides is 3. The fraction of sp³-hybridized carbons (Fsp3) is 0.500. The Kier molecular flexibility index (Phi) is 12.4. The van der Waals surface area contributed by atoms with Crippen LogP contribution in [0.4, 0.5) is 36.3 Å². The van der Waals surface area contributed by atoms with Gasteiger partial charge in [0.1, 0.15) is 17.1 Å². The SMILES string of the molecule is CCOP(=O)(Cc1ccc(Nc2ncc(C(F)(F)F)c(Nc3ccc([C@H]4CC[C@H](OCSC)CC4)c4c3C(=O)N(C)C4)n2)c(OC)c1)OCC. The van der Waals surface area contributed by atoms with Gasteiger partial charge in [0, 0.05) is 19.8 Å². The number of methoxy groups -OCH3 is 1. The van der Waals surface area contributed by atoms with Gasteiger partial charge in [-0.1, -0.05) is 12.1 Å². The molecule has 0 atom stereocenters. The van der Waals surface area contributed by atoms with Crippen LogP contribution in [0.15, 0.2) is 36.5 Å². The average Bonchev–Trinajstić information content (AvgIpc) is 3.38. The van der Waals surface area contributed by atoms with Crippen LogP contribution in [-0.2, 0) is 37.2 Å². The highest BCUT2D eigenvalue weighted by molar-refractivity contribution is 7.98. The average molecular weight is 738 g/mol. The maximum atomic E-state index is 14.3. The number of nitrogens with zero attached hydrogens (tertiary/aromatic N) is 3. The maximum absolute atomic E-state index is 14.3. The zero-order valence-corrected chi connectivity index (χ0v) is 30.5. The Labute approximate surface area is 294 Å². The molecule has 1 aliphatic heterocycles. The molecular weight excluding hydrogens is 694 g/mol. The smallest absolute Gasteiger partial charge is 0.421 e. The van der Waals surface area contributed by atoms with Crippen molar-refractivity contribution < 1.29 is 41.1 Å². The van der Waals surface area contributed by atoms with E-state index in [-0.39, 0.29) is 48.9 Å². The van der Waals surface area contributed by atoms with Crippen LogP contribution in [0, 0.1) is 0 Å². The Morgan fingerprint density at radius 1 is 1.04 bits per heavy atom. The molecule has 11 nitrogen and oxygen atoms in total. The molecule has 1 saturated carbocycles. The number of amides is 1. The molecule has 2 N–H and O–H groups in total. The van der Waals surface area contributed by atoms with Crippen molar-refractivity contribution >= 4 is 48.4 Å². The molecule has 5 rings (SSSR count). The first-order valence-corrected chi connectivity index (χ1v) is 19.6. The number of carbonyl (C=O) groups is 1. The summed E-state index contributed by atoms with van der Waals surface area (Å²) in [5.41, 5.74) is 2.33. The van der Waals surface area contributed by atoms with Gasteiger partial charge < -0.3 is 34.1 Å². The number of ether oxygens (including phenoxy) is 2. The Balaban J connectivity index is 1.43. The molecule has 0 radical (unpaired) electrons. The van der Waals surface area contributed by atoms with Crippen molar-refractivity contribution in [2.45, 2.75) is 70.4 Å². The predicted molar refractivity (Wildman–Crippen MR) is 188 cm³/mol.